The second-order valence-corrected chi connectivity index (χ2v) is 12.3. The van der Waals surface area contributed by atoms with Crippen LogP contribution < -0.4 is 10.2 Å². The maximum atomic E-state index is 13.6. The van der Waals surface area contributed by atoms with Crippen molar-refractivity contribution in [3.8, 4) is 5.69 Å². The minimum absolute atomic E-state index is 0.0443. The van der Waals surface area contributed by atoms with Crippen LogP contribution in [0.2, 0.25) is 0 Å². The molecule has 0 spiro atoms. The van der Waals surface area contributed by atoms with Gasteiger partial charge in [-0.3, -0.25) is 14.5 Å². The van der Waals surface area contributed by atoms with E-state index in [0.29, 0.717) is 12.4 Å². The molecule has 7 nitrogen and oxygen atoms in total. The topological polar surface area (TPSA) is 70.5 Å². The summed E-state index contributed by atoms with van der Waals surface area (Å²) in [7, 11) is 3.93. The molecule has 4 rings (SSSR count). The van der Waals surface area contributed by atoms with E-state index in [2.05, 4.69) is 42.9 Å². The number of fused-ring (bicyclic) bond motifs is 1. The van der Waals surface area contributed by atoms with Gasteiger partial charge in [-0.15, -0.1) is 11.8 Å². The number of benzene rings is 1. The van der Waals surface area contributed by atoms with E-state index in [1.807, 2.05) is 54.9 Å². The van der Waals surface area contributed by atoms with Crippen LogP contribution in [-0.2, 0) is 15.0 Å². The van der Waals surface area contributed by atoms with Crippen molar-refractivity contribution in [2.24, 2.45) is 0 Å². The molecule has 0 unspecified atom stereocenters. The standard InChI is InChI=1S/C27H35N5O2S2/c1-18-7-9-20(10-8-18)32-26-23(25(29-32)27(2,3)4)24(19-11-14-35-16-19)36-17-22(34)31(26)15-21(33)28-12-13-30(5)6/h7-11,14,16,24H,12-13,15,17H2,1-6H3,(H,28,33)/t24-/m1/s1. The molecular formula is C27H35N5O2S2. The molecule has 1 aliphatic heterocycles. The summed E-state index contributed by atoms with van der Waals surface area (Å²) in [5.74, 6) is 0.717. The number of thiophene rings is 1. The van der Waals surface area contributed by atoms with Crippen LogP contribution in [0.15, 0.2) is 41.1 Å². The van der Waals surface area contributed by atoms with Crippen molar-refractivity contribution >= 4 is 40.7 Å². The summed E-state index contributed by atoms with van der Waals surface area (Å²) in [4.78, 5) is 30.2. The maximum Gasteiger partial charge on any atom is 0.240 e. The number of rotatable bonds is 7. The van der Waals surface area contributed by atoms with Crippen LogP contribution in [0.25, 0.3) is 5.69 Å². The predicted octanol–water partition coefficient (Wildman–Crippen LogP) is 4.39. The highest BCUT2D eigenvalue weighted by Gasteiger charge is 2.40. The molecule has 0 fully saturated rings. The molecule has 1 aromatic carbocycles. The van der Waals surface area contributed by atoms with Crippen molar-refractivity contribution in [2.45, 2.75) is 38.4 Å². The van der Waals surface area contributed by atoms with Crippen molar-refractivity contribution < 1.29 is 9.59 Å². The molecule has 9 heteroatoms. The summed E-state index contributed by atoms with van der Waals surface area (Å²) in [6.07, 6.45) is 0. The molecule has 0 saturated carbocycles. The Morgan fingerprint density at radius 3 is 2.53 bits per heavy atom. The average Bonchev–Trinajstić information content (AvgIpc) is 3.44. The van der Waals surface area contributed by atoms with Gasteiger partial charge in [-0.2, -0.15) is 16.4 Å². The van der Waals surface area contributed by atoms with Gasteiger partial charge in [0.05, 0.1) is 22.4 Å². The minimum atomic E-state index is -0.262. The van der Waals surface area contributed by atoms with Crippen LogP contribution in [0.3, 0.4) is 0 Å². The lowest BCUT2D eigenvalue weighted by molar-refractivity contribution is -0.122. The molecule has 1 N–H and O–H groups in total. The number of thioether (sulfide) groups is 1. The first-order valence-electron chi connectivity index (χ1n) is 12.1. The van der Waals surface area contributed by atoms with Gasteiger partial charge in [-0.25, -0.2) is 4.68 Å². The Kier molecular flexibility index (Phi) is 7.92. The van der Waals surface area contributed by atoms with Crippen molar-refractivity contribution in [1.29, 1.82) is 0 Å². The highest BCUT2D eigenvalue weighted by molar-refractivity contribution is 8.00. The molecular weight excluding hydrogens is 490 g/mol. The van der Waals surface area contributed by atoms with Crippen LogP contribution in [0.5, 0.6) is 0 Å². The molecule has 0 bridgehead atoms. The lowest BCUT2D eigenvalue weighted by Crippen LogP contribution is -2.43. The molecule has 2 aromatic heterocycles. The molecule has 3 heterocycles. The molecule has 1 atom stereocenters. The number of nitrogens with zero attached hydrogens (tertiary/aromatic N) is 4. The number of anilines is 1. The number of aromatic nitrogens is 2. The van der Waals surface area contributed by atoms with Crippen molar-refractivity contribution in [3.63, 3.8) is 0 Å². The second-order valence-electron chi connectivity index (χ2n) is 10.5. The molecule has 36 heavy (non-hydrogen) atoms. The smallest absolute Gasteiger partial charge is 0.240 e. The van der Waals surface area contributed by atoms with Crippen LogP contribution in [0.4, 0.5) is 5.82 Å². The average molecular weight is 526 g/mol. The van der Waals surface area contributed by atoms with Crippen LogP contribution in [0.1, 0.15) is 48.4 Å². The summed E-state index contributed by atoms with van der Waals surface area (Å²) < 4.78 is 1.87. The third kappa shape index (κ3) is 5.68. The van der Waals surface area contributed by atoms with Gasteiger partial charge in [-0.1, -0.05) is 38.5 Å². The molecule has 0 saturated heterocycles. The molecule has 0 radical (unpaired) electrons. The SMILES string of the molecule is Cc1ccc(-n2nc(C(C)(C)C)c3c2N(CC(=O)NCCN(C)C)C(=O)CS[C@@H]3c2ccsc2)cc1. The number of aryl methyl sites for hydroxylation is 1. The monoisotopic (exact) mass is 525 g/mol. The lowest BCUT2D eigenvalue weighted by Gasteiger charge is -2.24. The first kappa shape index (κ1) is 26.4. The first-order valence-corrected chi connectivity index (χ1v) is 14.1. The Balaban J connectivity index is 1.88. The highest BCUT2D eigenvalue weighted by atomic mass is 32.2. The third-order valence-corrected chi connectivity index (χ3v) is 8.06. The van der Waals surface area contributed by atoms with E-state index in [0.717, 1.165) is 34.6 Å². The lowest BCUT2D eigenvalue weighted by atomic mass is 9.87. The van der Waals surface area contributed by atoms with Gasteiger partial charge >= 0.3 is 0 Å². The number of likely N-dealkylation sites (N-methyl/N-ethyl adjacent to an activating group) is 1. The summed E-state index contributed by atoms with van der Waals surface area (Å²) >= 11 is 3.26. The van der Waals surface area contributed by atoms with Gasteiger partial charge in [0, 0.05) is 24.1 Å². The van der Waals surface area contributed by atoms with E-state index in [1.54, 1.807) is 28.0 Å². The number of hydrogen-bond acceptors (Lipinski definition) is 6. The Labute approximate surface area is 221 Å². The Morgan fingerprint density at radius 2 is 1.92 bits per heavy atom. The fourth-order valence-electron chi connectivity index (χ4n) is 4.24. The summed E-state index contributed by atoms with van der Waals surface area (Å²) in [6, 6.07) is 10.2. The van der Waals surface area contributed by atoms with E-state index in [4.69, 9.17) is 5.10 Å². The highest BCUT2D eigenvalue weighted by Crippen LogP contribution is 2.48. The molecule has 2 amide bonds. The van der Waals surface area contributed by atoms with E-state index in [9.17, 15) is 9.59 Å². The maximum absolute atomic E-state index is 13.6. The zero-order chi connectivity index (χ0) is 26.0. The number of hydrogen-bond donors (Lipinski definition) is 1. The molecule has 1 aliphatic rings. The summed E-state index contributed by atoms with van der Waals surface area (Å²) in [5.41, 5.74) is 4.86. The second kappa shape index (κ2) is 10.8. The van der Waals surface area contributed by atoms with E-state index >= 15 is 0 Å². The van der Waals surface area contributed by atoms with Crippen molar-refractivity contribution in [1.82, 2.24) is 20.0 Å². The number of carbonyl (C=O) groups excluding carboxylic acids is 2. The Morgan fingerprint density at radius 1 is 1.19 bits per heavy atom. The van der Waals surface area contributed by atoms with Gasteiger partial charge in [0.25, 0.3) is 0 Å². The minimum Gasteiger partial charge on any atom is -0.353 e. The van der Waals surface area contributed by atoms with Gasteiger partial charge in [0.1, 0.15) is 12.4 Å². The zero-order valence-electron chi connectivity index (χ0n) is 21.9. The van der Waals surface area contributed by atoms with Gasteiger partial charge < -0.3 is 10.2 Å². The Hall–Kier alpha value is -2.62. The first-order chi connectivity index (χ1) is 17.1. The van der Waals surface area contributed by atoms with E-state index in [1.165, 1.54) is 0 Å². The molecule has 3 aromatic rings. The normalized spacial score (nSPS) is 16.2. The number of amides is 2. The van der Waals surface area contributed by atoms with Crippen molar-refractivity contribution in [2.75, 3.05) is 44.4 Å². The summed E-state index contributed by atoms with van der Waals surface area (Å²) in [6.45, 7) is 9.71. The van der Waals surface area contributed by atoms with Crippen LogP contribution in [0, 0.1) is 6.92 Å². The number of nitrogens with one attached hydrogen (secondary N) is 1. The van der Waals surface area contributed by atoms with Crippen LogP contribution >= 0.6 is 23.1 Å². The van der Waals surface area contributed by atoms with Crippen LogP contribution in [-0.4, -0.2) is 66.0 Å². The van der Waals surface area contributed by atoms with E-state index < -0.39 is 0 Å². The molecule has 192 valence electrons. The summed E-state index contributed by atoms with van der Waals surface area (Å²) in [5, 5.41) is 12.2. The van der Waals surface area contributed by atoms with E-state index in [-0.39, 0.29) is 34.8 Å². The van der Waals surface area contributed by atoms with Gasteiger partial charge in [-0.05, 0) is 55.5 Å². The van der Waals surface area contributed by atoms with Gasteiger partial charge in [0.2, 0.25) is 11.8 Å². The largest absolute Gasteiger partial charge is 0.353 e. The fraction of sp³-hybridized carbons (Fsp3) is 0.444. The predicted molar refractivity (Wildman–Crippen MR) is 150 cm³/mol. The fourth-order valence-corrected chi connectivity index (χ4v) is 6.20. The number of carbonyl (C=O) groups is 2. The quantitative estimate of drug-likeness (QED) is 0.496. The van der Waals surface area contributed by atoms with Gasteiger partial charge in [0.15, 0.2) is 0 Å². The molecule has 0 aliphatic carbocycles. The third-order valence-electron chi connectivity index (χ3n) is 6.11. The Bertz CT molecular complexity index is 1210. The van der Waals surface area contributed by atoms with Crippen molar-refractivity contribution in [3.05, 3.63) is 63.5 Å². The zero-order valence-corrected chi connectivity index (χ0v) is 23.5.